The van der Waals surface area contributed by atoms with Crippen LogP contribution in [0, 0.1) is 0 Å². The first-order valence-electron chi connectivity index (χ1n) is 4.30. The summed E-state index contributed by atoms with van der Waals surface area (Å²) in [4.78, 5) is 18.0. The molecule has 3 aromatic rings. The van der Waals surface area contributed by atoms with E-state index in [9.17, 15) is 4.79 Å². The van der Waals surface area contributed by atoms with Crippen LogP contribution in [0.15, 0.2) is 18.5 Å². The van der Waals surface area contributed by atoms with Crippen molar-refractivity contribution in [1.82, 2.24) is 9.97 Å². The molecule has 0 fully saturated rings. The number of hydrogen-bond acceptors (Lipinski definition) is 3. The molecule has 0 unspecified atom stereocenters. The van der Waals surface area contributed by atoms with Gasteiger partial charge in [0.2, 0.25) is 0 Å². The van der Waals surface area contributed by atoms with E-state index in [1.807, 2.05) is 12.1 Å². The number of imidazole rings is 1. The van der Waals surface area contributed by atoms with Crippen LogP contribution in [0.4, 0.5) is 0 Å². The summed E-state index contributed by atoms with van der Waals surface area (Å²) in [6, 6.07) is 3.84. The number of H-pyrrole nitrogens is 1. The Morgan fingerprint density at radius 1 is 1.47 bits per heavy atom. The molecular weight excluding hydrogens is 232 g/mol. The Morgan fingerprint density at radius 2 is 2.33 bits per heavy atom. The quantitative estimate of drug-likeness (QED) is 0.660. The molecule has 3 rings (SSSR count). The second-order valence-electron chi connectivity index (χ2n) is 3.18. The summed E-state index contributed by atoms with van der Waals surface area (Å²) >= 11 is 7.36. The third kappa shape index (κ3) is 1.19. The van der Waals surface area contributed by atoms with E-state index in [0.29, 0.717) is 9.90 Å². The van der Waals surface area contributed by atoms with Crippen molar-refractivity contribution < 1.29 is 4.79 Å². The number of hydrogen-bond donors (Lipinski definition) is 1. The minimum Gasteiger partial charge on any atom is -0.345 e. The molecule has 74 valence electrons. The molecule has 15 heavy (non-hydrogen) atoms. The lowest BCUT2D eigenvalue weighted by Crippen LogP contribution is -1.77. The van der Waals surface area contributed by atoms with Gasteiger partial charge in [-0.25, -0.2) is 4.98 Å². The van der Waals surface area contributed by atoms with E-state index in [1.54, 1.807) is 6.33 Å². The van der Waals surface area contributed by atoms with Crippen LogP contribution in [0.5, 0.6) is 0 Å². The van der Waals surface area contributed by atoms with Gasteiger partial charge in [0.15, 0.2) is 6.29 Å². The molecule has 3 nitrogen and oxygen atoms in total. The van der Waals surface area contributed by atoms with Gasteiger partial charge >= 0.3 is 0 Å². The van der Waals surface area contributed by atoms with Crippen molar-refractivity contribution >= 4 is 50.3 Å². The number of benzene rings is 1. The molecule has 0 spiro atoms. The highest BCUT2D eigenvalue weighted by Crippen LogP contribution is 2.35. The van der Waals surface area contributed by atoms with Crippen LogP contribution in [0.3, 0.4) is 0 Å². The lowest BCUT2D eigenvalue weighted by Gasteiger charge is -1.91. The van der Waals surface area contributed by atoms with E-state index in [4.69, 9.17) is 11.6 Å². The first kappa shape index (κ1) is 8.88. The van der Waals surface area contributed by atoms with Crippen LogP contribution in [-0.4, -0.2) is 16.3 Å². The van der Waals surface area contributed by atoms with Gasteiger partial charge in [0.1, 0.15) is 4.34 Å². The average molecular weight is 237 g/mol. The second-order valence-corrected chi connectivity index (χ2v) is 4.83. The van der Waals surface area contributed by atoms with Gasteiger partial charge in [0.25, 0.3) is 0 Å². The van der Waals surface area contributed by atoms with Crippen LogP contribution < -0.4 is 0 Å². The van der Waals surface area contributed by atoms with Gasteiger partial charge in [-0.1, -0.05) is 11.6 Å². The zero-order valence-electron chi connectivity index (χ0n) is 7.45. The standard InChI is InChI=1S/C10H5ClN2OS/c11-10-6(3-14)5-1-7-8(13-4-12-7)2-9(5)15-10/h1-4H,(H,12,13). The third-order valence-electron chi connectivity index (χ3n) is 2.34. The topological polar surface area (TPSA) is 45.8 Å². The molecule has 2 heterocycles. The maximum absolute atomic E-state index is 10.9. The summed E-state index contributed by atoms with van der Waals surface area (Å²) in [5.41, 5.74) is 2.37. The molecule has 2 aromatic heterocycles. The molecule has 0 aliphatic heterocycles. The molecule has 0 saturated carbocycles. The minimum atomic E-state index is 0.535. The normalized spacial score (nSPS) is 11.3. The first-order valence-corrected chi connectivity index (χ1v) is 5.49. The van der Waals surface area contributed by atoms with Gasteiger partial charge in [-0.3, -0.25) is 4.79 Å². The molecule has 0 saturated heterocycles. The zero-order chi connectivity index (χ0) is 10.4. The molecule has 0 aliphatic carbocycles. The summed E-state index contributed by atoms with van der Waals surface area (Å²) in [5.74, 6) is 0. The first-order chi connectivity index (χ1) is 7.29. The molecule has 5 heteroatoms. The number of fused-ring (bicyclic) bond motifs is 2. The van der Waals surface area contributed by atoms with Crippen molar-refractivity contribution in [2.24, 2.45) is 0 Å². The van der Waals surface area contributed by atoms with Crippen LogP contribution in [0.2, 0.25) is 4.34 Å². The number of nitrogens with zero attached hydrogens (tertiary/aromatic N) is 1. The van der Waals surface area contributed by atoms with Crippen LogP contribution in [-0.2, 0) is 0 Å². The fourth-order valence-electron chi connectivity index (χ4n) is 1.62. The van der Waals surface area contributed by atoms with Crippen molar-refractivity contribution in [3.8, 4) is 0 Å². The van der Waals surface area contributed by atoms with Crippen molar-refractivity contribution in [3.63, 3.8) is 0 Å². The van der Waals surface area contributed by atoms with Crippen LogP contribution >= 0.6 is 22.9 Å². The molecule has 1 aromatic carbocycles. The third-order valence-corrected chi connectivity index (χ3v) is 3.73. The average Bonchev–Trinajstić information content (AvgIpc) is 2.76. The van der Waals surface area contributed by atoms with E-state index < -0.39 is 0 Å². The number of aromatic amines is 1. The largest absolute Gasteiger partial charge is 0.345 e. The minimum absolute atomic E-state index is 0.535. The number of aldehydes is 1. The Labute approximate surface area is 93.7 Å². The van der Waals surface area contributed by atoms with Gasteiger partial charge in [-0.15, -0.1) is 11.3 Å². The second kappa shape index (κ2) is 3.05. The predicted octanol–water partition coefficient (Wildman–Crippen LogP) is 3.24. The maximum Gasteiger partial charge on any atom is 0.153 e. The zero-order valence-corrected chi connectivity index (χ0v) is 9.02. The smallest absolute Gasteiger partial charge is 0.153 e. The number of rotatable bonds is 1. The van der Waals surface area contributed by atoms with E-state index in [1.165, 1.54) is 11.3 Å². The van der Waals surface area contributed by atoms with Gasteiger partial charge in [0, 0.05) is 10.1 Å². The fourth-order valence-corrected chi connectivity index (χ4v) is 2.93. The van der Waals surface area contributed by atoms with Crippen molar-refractivity contribution in [2.45, 2.75) is 0 Å². The fraction of sp³-hybridized carbons (Fsp3) is 0. The Hall–Kier alpha value is -1.39. The van der Waals surface area contributed by atoms with Gasteiger partial charge in [-0.2, -0.15) is 0 Å². The molecule has 0 radical (unpaired) electrons. The highest BCUT2D eigenvalue weighted by atomic mass is 35.5. The Bertz CT molecular complexity index is 670. The van der Waals surface area contributed by atoms with Crippen LogP contribution in [0.1, 0.15) is 10.4 Å². The summed E-state index contributed by atoms with van der Waals surface area (Å²) in [6.45, 7) is 0. The SMILES string of the molecule is O=Cc1c(Cl)sc2cc3nc[nH]c3cc12. The van der Waals surface area contributed by atoms with Crippen molar-refractivity contribution in [2.75, 3.05) is 0 Å². The van der Waals surface area contributed by atoms with E-state index >= 15 is 0 Å². The molecular formula is C10H5ClN2OS. The van der Waals surface area contributed by atoms with E-state index in [-0.39, 0.29) is 0 Å². The number of aromatic nitrogens is 2. The maximum atomic E-state index is 10.9. The summed E-state index contributed by atoms with van der Waals surface area (Å²) in [6.07, 6.45) is 2.43. The van der Waals surface area contributed by atoms with Crippen molar-refractivity contribution in [3.05, 3.63) is 28.4 Å². The van der Waals surface area contributed by atoms with Gasteiger partial charge in [0.05, 0.1) is 22.9 Å². The highest BCUT2D eigenvalue weighted by molar-refractivity contribution is 7.23. The molecule has 0 aliphatic rings. The summed E-state index contributed by atoms with van der Waals surface area (Å²) in [5, 5.41) is 0.886. The van der Waals surface area contributed by atoms with E-state index in [2.05, 4.69) is 9.97 Å². The summed E-state index contributed by atoms with van der Waals surface area (Å²) in [7, 11) is 0. The van der Waals surface area contributed by atoms with Gasteiger partial charge in [-0.05, 0) is 12.1 Å². The molecule has 0 atom stereocenters. The number of nitrogens with one attached hydrogen (secondary N) is 1. The number of halogens is 1. The molecule has 0 amide bonds. The lowest BCUT2D eigenvalue weighted by molar-refractivity contribution is 0.112. The number of carbonyl (C=O) groups excluding carboxylic acids is 1. The highest BCUT2D eigenvalue weighted by Gasteiger charge is 2.11. The van der Waals surface area contributed by atoms with Crippen LogP contribution in [0.25, 0.3) is 21.1 Å². The predicted molar refractivity (Wildman–Crippen MR) is 61.9 cm³/mol. The van der Waals surface area contributed by atoms with Gasteiger partial charge < -0.3 is 4.98 Å². The molecule has 1 N–H and O–H groups in total. The Morgan fingerprint density at radius 3 is 3.13 bits per heavy atom. The number of thiophene rings is 1. The lowest BCUT2D eigenvalue weighted by atomic mass is 10.2. The monoisotopic (exact) mass is 236 g/mol. The van der Waals surface area contributed by atoms with E-state index in [0.717, 1.165) is 27.4 Å². The summed E-state index contributed by atoms with van der Waals surface area (Å²) < 4.78 is 1.52. The number of carbonyl (C=O) groups is 1. The Balaban J connectivity index is 2.53. The Kier molecular flexibility index (Phi) is 1.81. The van der Waals surface area contributed by atoms with Crippen molar-refractivity contribution in [1.29, 1.82) is 0 Å². The molecule has 0 bridgehead atoms.